The average molecular weight is 298 g/mol. The summed E-state index contributed by atoms with van der Waals surface area (Å²) in [6.07, 6.45) is -0.745. The molecule has 1 aromatic heterocycles. The fraction of sp³-hybridized carbons (Fsp3) is 0.500. The summed E-state index contributed by atoms with van der Waals surface area (Å²) in [4.78, 5) is 7.49. The van der Waals surface area contributed by atoms with Gasteiger partial charge in [0.1, 0.15) is 6.10 Å². The third-order valence-electron chi connectivity index (χ3n) is 1.79. The molecule has 1 heterocycles. The Hall–Kier alpha value is -0.430. The smallest absolute Gasteiger partial charge is 0.225 e. The standard InChI is InChI=1S/C8H10BrClN2O3/c1-15-7-4(3-11-8(10)12-7)6(14)5(13)2-9/h3,5-6,13-14H,2H2,1H3. The van der Waals surface area contributed by atoms with Crippen molar-refractivity contribution in [3.05, 3.63) is 17.0 Å². The van der Waals surface area contributed by atoms with E-state index in [4.69, 9.17) is 16.3 Å². The van der Waals surface area contributed by atoms with Gasteiger partial charge < -0.3 is 14.9 Å². The Bertz CT molecular complexity index is 340. The minimum Gasteiger partial charge on any atom is -0.481 e. The van der Waals surface area contributed by atoms with E-state index in [1.54, 1.807) is 0 Å². The lowest BCUT2D eigenvalue weighted by Gasteiger charge is -2.17. The van der Waals surface area contributed by atoms with E-state index in [0.29, 0.717) is 5.56 Å². The van der Waals surface area contributed by atoms with E-state index < -0.39 is 12.2 Å². The maximum absolute atomic E-state index is 9.71. The molecule has 0 saturated carbocycles. The Balaban J connectivity index is 3.02. The summed E-state index contributed by atoms with van der Waals surface area (Å²) >= 11 is 8.61. The molecule has 15 heavy (non-hydrogen) atoms. The second kappa shape index (κ2) is 5.60. The van der Waals surface area contributed by atoms with Crippen LogP contribution in [-0.4, -0.2) is 38.7 Å². The van der Waals surface area contributed by atoms with Crippen molar-refractivity contribution in [1.82, 2.24) is 9.97 Å². The summed E-state index contributed by atoms with van der Waals surface area (Å²) in [6, 6.07) is 0. The molecule has 0 bridgehead atoms. The Morgan fingerprint density at radius 3 is 2.80 bits per heavy atom. The number of halogens is 2. The van der Waals surface area contributed by atoms with E-state index in [9.17, 15) is 10.2 Å². The predicted octanol–water partition coefficient (Wildman–Crippen LogP) is 0.928. The van der Waals surface area contributed by atoms with Crippen LogP contribution in [0.3, 0.4) is 0 Å². The number of aromatic nitrogens is 2. The first-order valence-corrected chi connectivity index (χ1v) is 5.58. The predicted molar refractivity (Wildman–Crippen MR) is 58.4 cm³/mol. The molecule has 2 atom stereocenters. The Morgan fingerprint density at radius 1 is 1.60 bits per heavy atom. The van der Waals surface area contributed by atoms with E-state index in [0.717, 1.165) is 0 Å². The van der Waals surface area contributed by atoms with Gasteiger partial charge in [0.05, 0.1) is 18.8 Å². The topological polar surface area (TPSA) is 75.5 Å². The van der Waals surface area contributed by atoms with Crippen molar-refractivity contribution in [1.29, 1.82) is 0 Å². The fourth-order valence-electron chi connectivity index (χ4n) is 1.01. The van der Waals surface area contributed by atoms with Gasteiger partial charge in [-0.15, -0.1) is 0 Å². The number of rotatable bonds is 4. The first kappa shape index (κ1) is 12.6. The number of methoxy groups -OCH3 is 1. The lowest BCUT2D eigenvalue weighted by Crippen LogP contribution is -2.20. The molecule has 2 unspecified atom stereocenters. The quantitative estimate of drug-likeness (QED) is 0.639. The van der Waals surface area contributed by atoms with Crippen LogP contribution in [0.1, 0.15) is 11.7 Å². The molecular weight excluding hydrogens is 287 g/mol. The maximum Gasteiger partial charge on any atom is 0.225 e. The molecule has 0 aliphatic rings. The van der Waals surface area contributed by atoms with Gasteiger partial charge in [-0.2, -0.15) is 4.98 Å². The highest BCUT2D eigenvalue weighted by atomic mass is 79.9. The highest BCUT2D eigenvalue weighted by molar-refractivity contribution is 9.09. The third kappa shape index (κ3) is 3.01. The summed E-state index contributed by atoms with van der Waals surface area (Å²) in [5, 5.41) is 19.4. The van der Waals surface area contributed by atoms with Gasteiger partial charge >= 0.3 is 0 Å². The van der Waals surface area contributed by atoms with E-state index in [-0.39, 0.29) is 16.5 Å². The number of aliphatic hydroxyl groups is 2. The molecule has 0 amide bonds. The molecule has 0 aliphatic carbocycles. The largest absolute Gasteiger partial charge is 0.481 e. The Kier molecular flexibility index (Phi) is 4.72. The number of nitrogens with zero attached hydrogens (tertiary/aromatic N) is 2. The van der Waals surface area contributed by atoms with Crippen LogP contribution in [0.5, 0.6) is 5.88 Å². The molecule has 7 heteroatoms. The van der Waals surface area contributed by atoms with Crippen molar-refractivity contribution >= 4 is 27.5 Å². The highest BCUT2D eigenvalue weighted by Crippen LogP contribution is 2.26. The van der Waals surface area contributed by atoms with Crippen LogP contribution >= 0.6 is 27.5 Å². The van der Waals surface area contributed by atoms with Crippen molar-refractivity contribution in [3.8, 4) is 5.88 Å². The van der Waals surface area contributed by atoms with Crippen molar-refractivity contribution < 1.29 is 14.9 Å². The lowest BCUT2D eigenvalue weighted by molar-refractivity contribution is 0.0321. The van der Waals surface area contributed by atoms with Gasteiger partial charge in [0.25, 0.3) is 0 Å². The molecule has 0 saturated heterocycles. The summed E-state index contributed by atoms with van der Waals surface area (Å²) < 4.78 is 4.92. The van der Waals surface area contributed by atoms with E-state index in [1.165, 1.54) is 13.3 Å². The van der Waals surface area contributed by atoms with Gasteiger partial charge in [0, 0.05) is 11.5 Å². The number of hydrogen-bond acceptors (Lipinski definition) is 5. The van der Waals surface area contributed by atoms with Crippen molar-refractivity contribution in [2.75, 3.05) is 12.4 Å². The highest BCUT2D eigenvalue weighted by Gasteiger charge is 2.22. The summed E-state index contributed by atoms with van der Waals surface area (Å²) in [7, 11) is 1.40. The molecule has 5 nitrogen and oxygen atoms in total. The van der Waals surface area contributed by atoms with E-state index in [2.05, 4.69) is 25.9 Å². The van der Waals surface area contributed by atoms with E-state index >= 15 is 0 Å². The van der Waals surface area contributed by atoms with Crippen LogP contribution in [0, 0.1) is 0 Å². The molecule has 0 radical (unpaired) electrons. The van der Waals surface area contributed by atoms with E-state index in [1.807, 2.05) is 0 Å². The van der Waals surface area contributed by atoms with Gasteiger partial charge in [-0.25, -0.2) is 4.98 Å². The molecule has 84 valence electrons. The molecule has 0 spiro atoms. The zero-order valence-electron chi connectivity index (χ0n) is 7.89. The molecule has 0 aliphatic heterocycles. The SMILES string of the molecule is COc1nc(Cl)ncc1C(O)C(O)CBr. The third-order valence-corrected chi connectivity index (χ3v) is 2.63. The normalized spacial score (nSPS) is 14.7. The summed E-state index contributed by atoms with van der Waals surface area (Å²) in [5.41, 5.74) is 0.300. The van der Waals surface area contributed by atoms with Gasteiger partial charge in [-0.05, 0) is 11.6 Å². The van der Waals surface area contributed by atoms with Crippen LogP contribution < -0.4 is 4.74 Å². The second-order valence-corrected chi connectivity index (χ2v) is 3.76. The number of hydrogen-bond donors (Lipinski definition) is 2. The first-order chi connectivity index (χ1) is 7.10. The minimum atomic E-state index is -1.11. The maximum atomic E-state index is 9.71. The monoisotopic (exact) mass is 296 g/mol. The molecule has 2 N–H and O–H groups in total. The molecule has 1 aromatic rings. The zero-order chi connectivity index (χ0) is 11.4. The van der Waals surface area contributed by atoms with Crippen molar-refractivity contribution in [2.45, 2.75) is 12.2 Å². The Morgan fingerprint density at radius 2 is 2.27 bits per heavy atom. The van der Waals surface area contributed by atoms with Gasteiger partial charge in [-0.1, -0.05) is 15.9 Å². The lowest BCUT2D eigenvalue weighted by atomic mass is 10.1. The zero-order valence-corrected chi connectivity index (χ0v) is 10.2. The fourth-order valence-corrected chi connectivity index (χ4v) is 1.49. The van der Waals surface area contributed by atoms with Crippen LogP contribution in [-0.2, 0) is 0 Å². The minimum absolute atomic E-state index is 0.0242. The number of alkyl halides is 1. The molecule has 0 fully saturated rings. The van der Waals surface area contributed by atoms with Gasteiger partial charge in [0.2, 0.25) is 11.2 Å². The molecule has 0 aromatic carbocycles. The van der Waals surface area contributed by atoms with Crippen LogP contribution in [0.4, 0.5) is 0 Å². The van der Waals surface area contributed by atoms with Gasteiger partial charge in [-0.3, -0.25) is 0 Å². The first-order valence-electron chi connectivity index (χ1n) is 4.08. The average Bonchev–Trinajstić information content (AvgIpc) is 2.26. The van der Waals surface area contributed by atoms with Crippen LogP contribution in [0.15, 0.2) is 6.20 Å². The van der Waals surface area contributed by atoms with Crippen LogP contribution in [0.2, 0.25) is 5.28 Å². The number of ether oxygens (including phenoxy) is 1. The molecular formula is C8H10BrClN2O3. The van der Waals surface area contributed by atoms with Crippen molar-refractivity contribution in [2.24, 2.45) is 0 Å². The summed E-state index contributed by atoms with van der Waals surface area (Å²) in [6.45, 7) is 0. The van der Waals surface area contributed by atoms with Gasteiger partial charge in [0.15, 0.2) is 0 Å². The molecule has 1 rings (SSSR count). The van der Waals surface area contributed by atoms with Crippen LogP contribution in [0.25, 0.3) is 0 Å². The number of aliphatic hydroxyl groups excluding tert-OH is 2. The summed E-state index contributed by atoms with van der Waals surface area (Å²) in [5.74, 6) is 0.155. The second-order valence-electron chi connectivity index (χ2n) is 2.77. The Labute approximate surface area is 100 Å². The van der Waals surface area contributed by atoms with Crippen molar-refractivity contribution in [3.63, 3.8) is 0 Å².